The number of benzene rings is 3. The summed E-state index contributed by atoms with van der Waals surface area (Å²) in [5.74, 6) is 0.964. The van der Waals surface area contributed by atoms with Crippen molar-refractivity contribution in [1.29, 1.82) is 0 Å². The van der Waals surface area contributed by atoms with Gasteiger partial charge >= 0.3 is 0 Å². The topological polar surface area (TPSA) is 17.8 Å². The molecule has 0 N–H and O–H groups in total. The molecule has 0 bridgehead atoms. The van der Waals surface area contributed by atoms with E-state index < -0.39 is 0 Å². The summed E-state index contributed by atoms with van der Waals surface area (Å²) in [6.07, 6.45) is 10.3. The fraction of sp³-hybridized carbons (Fsp3) is 0.222. The molecule has 0 amide bonds. The van der Waals surface area contributed by atoms with Crippen LogP contribution in [0.25, 0.3) is 28.2 Å². The number of unbranched alkanes of at least 4 members (excludes halogenated alkanes) is 3. The zero-order chi connectivity index (χ0) is 19.9. The van der Waals surface area contributed by atoms with Gasteiger partial charge in [-0.3, -0.25) is 4.57 Å². The molecular formula is C27H28N2. The lowest BCUT2D eigenvalue weighted by atomic mass is 10.0. The van der Waals surface area contributed by atoms with Gasteiger partial charge in [0.15, 0.2) is 0 Å². The summed E-state index contributed by atoms with van der Waals surface area (Å²) >= 11 is 0. The minimum absolute atomic E-state index is 0.964. The molecule has 0 aliphatic heterocycles. The highest BCUT2D eigenvalue weighted by atomic mass is 15.1. The first-order valence-corrected chi connectivity index (χ1v) is 10.6. The van der Waals surface area contributed by atoms with Gasteiger partial charge in [0.05, 0.1) is 0 Å². The van der Waals surface area contributed by atoms with Gasteiger partial charge in [-0.1, -0.05) is 92.9 Å². The maximum Gasteiger partial charge on any atom is 0.144 e. The highest BCUT2D eigenvalue weighted by Gasteiger charge is 2.07. The van der Waals surface area contributed by atoms with Crippen LogP contribution in [0.3, 0.4) is 0 Å². The van der Waals surface area contributed by atoms with Crippen molar-refractivity contribution < 1.29 is 0 Å². The zero-order valence-electron chi connectivity index (χ0n) is 17.1. The third-order valence-corrected chi connectivity index (χ3v) is 5.42. The van der Waals surface area contributed by atoms with E-state index in [2.05, 4.69) is 77.1 Å². The Labute approximate surface area is 173 Å². The highest BCUT2D eigenvalue weighted by molar-refractivity contribution is 5.66. The molecule has 2 nitrogen and oxygen atoms in total. The van der Waals surface area contributed by atoms with Gasteiger partial charge in [0.1, 0.15) is 5.82 Å². The third kappa shape index (κ3) is 4.65. The number of rotatable bonds is 8. The molecule has 3 aromatic carbocycles. The Morgan fingerprint density at radius 1 is 0.690 bits per heavy atom. The quantitative estimate of drug-likeness (QED) is 0.293. The molecule has 0 aliphatic rings. The number of hydrogen-bond donors (Lipinski definition) is 0. The van der Waals surface area contributed by atoms with Crippen LogP contribution in [0.5, 0.6) is 0 Å². The van der Waals surface area contributed by atoms with E-state index in [1.54, 1.807) is 0 Å². The summed E-state index contributed by atoms with van der Waals surface area (Å²) in [5.41, 5.74) is 6.19. The molecule has 1 heterocycles. The van der Waals surface area contributed by atoms with Crippen LogP contribution >= 0.6 is 0 Å². The molecule has 4 rings (SSSR count). The van der Waals surface area contributed by atoms with E-state index in [0.29, 0.717) is 0 Å². The van der Waals surface area contributed by atoms with Crippen molar-refractivity contribution in [3.05, 3.63) is 96.8 Å². The van der Waals surface area contributed by atoms with Gasteiger partial charge in [-0.2, -0.15) is 0 Å². The van der Waals surface area contributed by atoms with E-state index in [1.807, 2.05) is 30.6 Å². The molecule has 0 atom stereocenters. The second kappa shape index (κ2) is 9.38. The number of imidazole rings is 1. The summed E-state index contributed by atoms with van der Waals surface area (Å²) in [4.78, 5) is 4.55. The Morgan fingerprint density at radius 3 is 2.07 bits per heavy atom. The number of aryl methyl sites for hydroxylation is 1. The third-order valence-electron chi connectivity index (χ3n) is 5.42. The van der Waals surface area contributed by atoms with E-state index in [0.717, 1.165) is 17.1 Å². The zero-order valence-corrected chi connectivity index (χ0v) is 17.1. The van der Waals surface area contributed by atoms with Crippen molar-refractivity contribution >= 4 is 0 Å². The standard InChI is InChI=1S/C27H28N2/c1-2-3-4-6-9-22-12-14-23(15-13-22)24-16-18-26(19-17-24)29-21-20-28-27(29)25-10-7-5-8-11-25/h5,7-8,10-21H,2-4,6,9H2,1H3. The van der Waals surface area contributed by atoms with Crippen molar-refractivity contribution in [1.82, 2.24) is 9.55 Å². The number of nitrogens with zero attached hydrogens (tertiary/aromatic N) is 2. The molecule has 0 unspecified atom stereocenters. The second-order valence-corrected chi connectivity index (χ2v) is 7.54. The normalized spacial score (nSPS) is 10.9. The Morgan fingerprint density at radius 2 is 1.38 bits per heavy atom. The smallest absolute Gasteiger partial charge is 0.144 e. The van der Waals surface area contributed by atoms with E-state index >= 15 is 0 Å². The van der Waals surface area contributed by atoms with E-state index in [1.165, 1.54) is 48.8 Å². The fourth-order valence-corrected chi connectivity index (χ4v) is 3.75. The van der Waals surface area contributed by atoms with Gasteiger partial charge in [-0.05, 0) is 41.7 Å². The van der Waals surface area contributed by atoms with Gasteiger partial charge < -0.3 is 0 Å². The number of aromatic nitrogens is 2. The monoisotopic (exact) mass is 380 g/mol. The molecule has 2 heteroatoms. The number of hydrogen-bond acceptors (Lipinski definition) is 1. The summed E-state index contributed by atoms with van der Waals surface area (Å²) in [5, 5.41) is 0. The Balaban J connectivity index is 1.48. The van der Waals surface area contributed by atoms with Gasteiger partial charge in [-0.25, -0.2) is 4.98 Å². The lowest BCUT2D eigenvalue weighted by molar-refractivity contribution is 0.667. The minimum atomic E-state index is 0.964. The summed E-state index contributed by atoms with van der Waals surface area (Å²) < 4.78 is 2.14. The predicted octanol–water partition coefficient (Wildman–Crippen LogP) is 7.33. The maximum absolute atomic E-state index is 4.55. The molecular weight excluding hydrogens is 352 g/mol. The van der Waals surface area contributed by atoms with E-state index in [4.69, 9.17) is 0 Å². The lowest BCUT2D eigenvalue weighted by Crippen LogP contribution is -1.96. The lowest BCUT2D eigenvalue weighted by Gasteiger charge is -2.10. The Bertz CT molecular complexity index is 1010. The molecule has 1 aromatic heterocycles. The molecule has 0 aliphatic carbocycles. The molecule has 0 radical (unpaired) electrons. The molecule has 0 saturated carbocycles. The van der Waals surface area contributed by atoms with Gasteiger partial charge in [0, 0.05) is 23.6 Å². The van der Waals surface area contributed by atoms with Crippen molar-refractivity contribution in [2.75, 3.05) is 0 Å². The van der Waals surface area contributed by atoms with Crippen LogP contribution in [0.2, 0.25) is 0 Å². The maximum atomic E-state index is 4.55. The van der Waals surface area contributed by atoms with E-state index in [-0.39, 0.29) is 0 Å². The first kappa shape index (κ1) is 19.2. The second-order valence-electron chi connectivity index (χ2n) is 7.54. The Hall–Kier alpha value is -3.13. The van der Waals surface area contributed by atoms with Crippen LogP contribution in [-0.2, 0) is 6.42 Å². The average Bonchev–Trinajstić information content (AvgIpc) is 3.28. The predicted molar refractivity (Wildman–Crippen MR) is 122 cm³/mol. The van der Waals surface area contributed by atoms with Crippen molar-refractivity contribution in [2.24, 2.45) is 0 Å². The SMILES string of the molecule is CCCCCCc1ccc(-c2ccc(-n3ccnc3-c3ccccc3)cc2)cc1. The summed E-state index contributed by atoms with van der Waals surface area (Å²) in [6, 6.07) is 28.1. The van der Waals surface area contributed by atoms with Crippen LogP contribution in [0.1, 0.15) is 38.2 Å². The highest BCUT2D eigenvalue weighted by Crippen LogP contribution is 2.25. The molecule has 0 saturated heterocycles. The van der Waals surface area contributed by atoms with Gasteiger partial charge in [-0.15, -0.1) is 0 Å². The summed E-state index contributed by atoms with van der Waals surface area (Å²) in [6.45, 7) is 2.26. The summed E-state index contributed by atoms with van der Waals surface area (Å²) in [7, 11) is 0. The largest absolute Gasteiger partial charge is 0.300 e. The van der Waals surface area contributed by atoms with Crippen LogP contribution in [0, 0.1) is 0 Å². The van der Waals surface area contributed by atoms with Crippen LogP contribution in [0.15, 0.2) is 91.3 Å². The average molecular weight is 381 g/mol. The fourth-order valence-electron chi connectivity index (χ4n) is 3.75. The van der Waals surface area contributed by atoms with E-state index in [9.17, 15) is 0 Å². The molecule has 29 heavy (non-hydrogen) atoms. The van der Waals surface area contributed by atoms with Crippen LogP contribution in [0.4, 0.5) is 0 Å². The van der Waals surface area contributed by atoms with Crippen LogP contribution < -0.4 is 0 Å². The van der Waals surface area contributed by atoms with Crippen molar-refractivity contribution in [3.8, 4) is 28.2 Å². The Kier molecular flexibility index (Phi) is 6.21. The van der Waals surface area contributed by atoms with Gasteiger partial charge in [0.2, 0.25) is 0 Å². The molecule has 4 aromatic rings. The molecule has 146 valence electrons. The minimum Gasteiger partial charge on any atom is -0.300 e. The van der Waals surface area contributed by atoms with Crippen molar-refractivity contribution in [2.45, 2.75) is 39.0 Å². The molecule has 0 spiro atoms. The molecule has 0 fully saturated rings. The van der Waals surface area contributed by atoms with Crippen molar-refractivity contribution in [3.63, 3.8) is 0 Å². The first-order valence-electron chi connectivity index (χ1n) is 10.6. The van der Waals surface area contributed by atoms with Gasteiger partial charge in [0.25, 0.3) is 0 Å². The first-order chi connectivity index (χ1) is 14.3. The van der Waals surface area contributed by atoms with Crippen LogP contribution in [-0.4, -0.2) is 9.55 Å².